The average molecular weight is 414 g/mol. The number of rotatable bonds is 9. The Kier molecular flexibility index (Phi) is 18.6. The predicted molar refractivity (Wildman–Crippen MR) is 130 cm³/mol. The van der Waals surface area contributed by atoms with E-state index in [-0.39, 0.29) is 26.1 Å². The average Bonchev–Trinajstić information content (AvgIpc) is 2.58. The van der Waals surface area contributed by atoms with Gasteiger partial charge >= 0.3 is 0 Å². The summed E-state index contributed by atoms with van der Waals surface area (Å²) in [6.07, 6.45) is 1.80. The van der Waals surface area contributed by atoms with E-state index in [4.69, 9.17) is 9.47 Å². The number of aromatic nitrogens is 1. The van der Waals surface area contributed by atoms with E-state index in [9.17, 15) is 0 Å². The van der Waals surface area contributed by atoms with Crippen LogP contribution in [0.1, 0.15) is 70.2 Å². The molecule has 0 spiro atoms. The third-order valence-corrected chi connectivity index (χ3v) is 3.84. The summed E-state index contributed by atoms with van der Waals surface area (Å²) in [5.74, 6) is 0.981. The Bertz CT molecular complexity index is 463. The van der Waals surface area contributed by atoms with Crippen LogP contribution in [0.15, 0.2) is 24.4 Å². The summed E-state index contributed by atoms with van der Waals surface area (Å²) in [5, 5.41) is 0. The molecule has 0 unspecified atom stereocenters. The van der Waals surface area contributed by atoms with E-state index in [1.807, 2.05) is 25.2 Å². The van der Waals surface area contributed by atoms with Gasteiger partial charge in [-0.25, -0.2) is 4.98 Å². The SMILES string of the molecule is C.C.CCN(CC)CCOC(C)(C)C.CN(CCOC(C)(C)C)c1ccccn1. The molecule has 1 aromatic rings. The highest BCUT2D eigenvalue weighted by atomic mass is 16.5. The molecule has 1 rings (SSSR count). The van der Waals surface area contributed by atoms with E-state index >= 15 is 0 Å². The maximum Gasteiger partial charge on any atom is 0.128 e. The standard InChI is InChI=1S/C12H20N2O.C10H23NO.2CH4/c1-12(2,3)15-10-9-14(4)11-7-5-6-8-13-11;1-6-11(7-2)8-9-12-10(3,4)5;;/h5-8H,9-10H2,1-4H3;6-9H2,1-5H3;2*1H4. The fourth-order valence-electron chi connectivity index (χ4n) is 2.20. The first-order chi connectivity index (χ1) is 12.5. The van der Waals surface area contributed by atoms with Gasteiger partial charge in [-0.15, -0.1) is 0 Å². The molecule has 1 heterocycles. The maximum absolute atomic E-state index is 5.65. The zero-order valence-corrected chi connectivity index (χ0v) is 19.2. The second-order valence-electron chi connectivity index (χ2n) is 8.56. The normalized spacial score (nSPS) is 11.1. The molecular formula is C24H51N3O2. The number of hydrogen-bond acceptors (Lipinski definition) is 5. The number of ether oxygens (including phenoxy) is 2. The van der Waals surface area contributed by atoms with Crippen molar-refractivity contribution in [2.24, 2.45) is 0 Å². The molecule has 0 saturated heterocycles. The topological polar surface area (TPSA) is 37.8 Å². The first-order valence-electron chi connectivity index (χ1n) is 10.1. The number of hydrogen-bond donors (Lipinski definition) is 0. The minimum Gasteiger partial charge on any atom is -0.375 e. The second kappa shape index (κ2) is 16.6. The van der Waals surface area contributed by atoms with Crippen molar-refractivity contribution in [3.8, 4) is 0 Å². The van der Waals surface area contributed by atoms with Gasteiger partial charge in [0.15, 0.2) is 0 Å². The van der Waals surface area contributed by atoms with Gasteiger partial charge in [0.05, 0.1) is 24.4 Å². The first kappa shape index (κ1) is 32.5. The molecule has 0 fully saturated rings. The molecule has 0 amide bonds. The van der Waals surface area contributed by atoms with Crippen LogP contribution in [0.4, 0.5) is 5.82 Å². The molecule has 0 bridgehead atoms. The number of likely N-dealkylation sites (N-methyl/N-ethyl adjacent to an activating group) is 2. The van der Waals surface area contributed by atoms with E-state index in [0.29, 0.717) is 0 Å². The van der Waals surface area contributed by atoms with Crippen molar-refractivity contribution >= 4 is 5.82 Å². The van der Waals surface area contributed by atoms with Crippen LogP contribution in [0, 0.1) is 0 Å². The van der Waals surface area contributed by atoms with Crippen molar-refractivity contribution in [2.75, 3.05) is 51.3 Å². The molecule has 1 aromatic heterocycles. The smallest absolute Gasteiger partial charge is 0.128 e. The van der Waals surface area contributed by atoms with Crippen molar-refractivity contribution in [3.63, 3.8) is 0 Å². The third kappa shape index (κ3) is 19.9. The molecule has 0 aromatic carbocycles. The zero-order chi connectivity index (χ0) is 20.9. The van der Waals surface area contributed by atoms with Crippen molar-refractivity contribution in [2.45, 2.75) is 81.4 Å². The van der Waals surface area contributed by atoms with Gasteiger partial charge in [0.1, 0.15) is 5.82 Å². The fraction of sp³-hybridized carbons (Fsp3) is 0.792. The molecule has 0 aliphatic rings. The molecule has 0 aliphatic carbocycles. The van der Waals surface area contributed by atoms with E-state index in [1.165, 1.54) is 0 Å². The summed E-state index contributed by atoms with van der Waals surface area (Å²) in [7, 11) is 2.02. The molecule has 5 heteroatoms. The molecular weight excluding hydrogens is 362 g/mol. The summed E-state index contributed by atoms with van der Waals surface area (Å²) < 4.78 is 11.3. The van der Waals surface area contributed by atoms with Crippen LogP contribution >= 0.6 is 0 Å². The third-order valence-electron chi connectivity index (χ3n) is 3.84. The van der Waals surface area contributed by atoms with Gasteiger partial charge in [-0.3, -0.25) is 0 Å². The van der Waals surface area contributed by atoms with E-state index in [0.717, 1.165) is 45.2 Å². The lowest BCUT2D eigenvalue weighted by molar-refractivity contribution is -0.0121. The van der Waals surface area contributed by atoms with Crippen LogP contribution < -0.4 is 4.90 Å². The van der Waals surface area contributed by atoms with E-state index in [2.05, 4.69) is 70.2 Å². The summed E-state index contributed by atoms with van der Waals surface area (Å²) in [4.78, 5) is 8.72. The van der Waals surface area contributed by atoms with Crippen molar-refractivity contribution < 1.29 is 9.47 Å². The number of nitrogens with zero attached hydrogens (tertiary/aromatic N) is 3. The summed E-state index contributed by atoms with van der Waals surface area (Å²) >= 11 is 0. The van der Waals surface area contributed by atoms with Crippen molar-refractivity contribution in [3.05, 3.63) is 24.4 Å². The van der Waals surface area contributed by atoms with Gasteiger partial charge in [-0.2, -0.15) is 0 Å². The van der Waals surface area contributed by atoms with Gasteiger partial charge in [0.25, 0.3) is 0 Å². The molecule has 0 saturated carbocycles. The lowest BCUT2D eigenvalue weighted by atomic mass is 10.2. The quantitative estimate of drug-likeness (QED) is 0.515. The molecule has 0 aliphatic heterocycles. The molecule has 174 valence electrons. The van der Waals surface area contributed by atoms with Gasteiger partial charge in [0, 0.05) is 26.3 Å². The number of anilines is 1. The largest absolute Gasteiger partial charge is 0.375 e. The fourth-order valence-corrected chi connectivity index (χ4v) is 2.20. The minimum atomic E-state index is -0.0645. The van der Waals surface area contributed by atoms with E-state index in [1.54, 1.807) is 6.20 Å². The molecule has 0 N–H and O–H groups in total. The highest BCUT2D eigenvalue weighted by molar-refractivity contribution is 5.36. The van der Waals surface area contributed by atoms with Crippen molar-refractivity contribution in [1.82, 2.24) is 9.88 Å². The lowest BCUT2D eigenvalue weighted by Gasteiger charge is -2.23. The minimum absolute atomic E-state index is 0. The van der Waals surface area contributed by atoms with Crippen LogP contribution in [0.3, 0.4) is 0 Å². The lowest BCUT2D eigenvalue weighted by Crippen LogP contribution is -2.30. The Hall–Kier alpha value is -1.17. The van der Waals surface area contributed by atoms with E-state index < -0.39 is 0 Å². The molecule has 29 heavy (non-hydrogen) atoms. The maximum atomic E-state index is 5.65. The molecule has 0 radical (unpaired) electrons. The zero-order valence-electron chi connectivity index (χ0n) is 19.2. The Morgan fingerprint density at radius 1 is 0.828 bits per heavy atom. The molecule has 5 nitrogen and oxygen atoms in total. The highest BCUT2D eigenvalue weighted by Gasteiger charge is 2.11. The van der Waals surface area contributed by atoms with Crippen LogP contribution in [0.5, 0.6) is 0 Å². The Morgan fingerprint density at radius 3 is 1.69 bits per heavy atom. The number of pyridine rings is 1. The Labute approximate surface area is 182 Å². The Balaban J connectivity index is -0.000000447. The van der Waals surface area contributed by atoms with Gasteiger partial charge in [-0.05, 0) is 66.8 Å². The second-order valence-corrected chi connectivity index (χ2v) is 8.56. The van der Waals surface area contributed by atoms with Crippen molar-refractivity contribution in [1.29, 1.82) is 0 Å². The van der Waals surface area contributed by atoms with Crippen LogP contribution in [0.2, 0.25) is 0 Å². The summed E-state index contributed by atoms with van der Waals surface area (Å²) in [6, 6.07) is 5.91. The predicted octanol–water partition coefficient (Wildman–Crippen LogP) is 5.75. The highest BCUT2D eigenvalue weighted by Crippen LogP contribution is 2.09. The summed E-state index contributed by atoms with van der Waals surface area (Å²) in [5.41, 5.74) is -0.0574. The monoisotopic (exact) mass is 413 g/mol. The van der Waals surface area contributed by atoms with Crippen LogP contribution in [-0.4, -0.2) is 67.5 Å². The van der Waals surface area contributed by atoms with Gasteiger partial charge < -0.3 is 19.3 Å². The van der Waals surface area contributed by atoms with Gasteiger partial charge in [0.2, 0.25) is 0 Å². The van der Waals surface area contributed by atoms with Gasteiger partial charge in [-0.1, -0.05) is 34.8 Å². The molecule has 0 atom stereocenters. The summed E-state index contributed by atoms with van der Waals surface area (Å²) in [6.45, 7) is 22.5. The van der Waals surface area contributed by atoms with Crippen LogP contribution in [-0.2, 0) is 9.47 Å². The van der Waals surface area contributed by atoms with Crippen LogP contribution in [0.25, 0.3) is 0 Å². The Morgan fingerprint density at radius 2 is 1.31 bits per heavy atom. The first-order valence-corrected chi connectivity index (χ1v) is 10.1.